The molecule has 36 heteroatoms. The summed E-state index contributed by atoms with van der Waals surface area (Å²) >= 11 is 27.5. The summed E-state index contributed by atoms with van der Waals surface area (Å²) < 4.78 is 5.29. The van der Waals surface area contributed by atoms with Crippen LogP contribution < -0.4 is 66.9 Å². The van der Waals surface area contributed by atoms with E-state index in [9.17, 15) is 15.0 Å². The minimum absolute atomic E-state index is 0. The third kappa shape index (κ3) is 52.0. The second-order valence-corrected chi connectivity index (χ2v) is 16.3. The number of H-pyrrole nitrogens is 1. The van der Waals surface area contributed by atoms with Gasteiger partial charge in [0.15, 0.2) is 5.82 Å². The van der Waals surface area contributed by atoms with Gasteiger partial charge in [0.05, 0.1) is 35.5 Å². The van der Waals surface area contributed by atoms with E-state index in [1.165, 1.54) is 707 Å². The van der Waals surface area contributed by atoms with Gasteiger partial charge in [0.25, 0.3) is 0 Å². The summed E-state index contributed by atoms with van der Waals surface area (Å²) in [7, 11) is 3.89. The number of rotatable bonds is 7. The van der Waals surface area contributed by atoms with Crippen LogP contribution in [0, 0.1) is 0 Å². The van der Waals surface area contributed by atoms with Gasteiger partial charge in [-0.1, -0.05) is 62.4 Å². The van der Waals surface area contributed by atoms with E-state index in [2.05, 4.69) is 49.7 Å². The standard InChI is InChI=1S/C29H31N7O.C15H22N2O3.CH4.23K.H/c1-29(37)16-30-12-11-23(29)36(2)28-25-20(17-6-5-7-17)14-31-15-22(25)34-26(35-28)19-10-13-32-27-24(19)18-8-3-4-9-21(18)33-27;1-15(19)11-17(9-8-13(15)16-2)14(18)20-10-12-6-4-3-5-7-12;;;;;;;;;;;;;;;;;;;;;;;;;/h3-4,8-10,13-15,17,23,30,37H,5-7,11-12,16H2,1-2H3,(H,32,33);3-7,13,16,19H,8-11H2,1-2H3;1H4;;;;;;;;;;;;;;;;;;;;;;;;/q;;;;;;;;;;;;;;;;;;;;;;;;;+1;-1/t23-,29-;13-,15-;;;;;;;;;;;;;;;;;;;;;;;;;/m11........................./s1. The number of likely N-dealkylation sites (N-methyl/N-ethyl adjacent to an activating group) is 2. The SMILES string of the molecule is C.CN(c1nc(-c2ccnc3[nH]c4ccccc4c23)nc2cncc(C3CCC3)c12)[C@@H]1CCNC[C@@]1(C)O.CN[C@@H]1CCN(C(=O)OCc2ccccc2)C[C@@]1(C)O.[H-].[K+].[K][K].[K][K].[K][K].[K][K].[K][K].[K][K].[K][K].[K][K].[K][K].[K][K].[K][K]. The molecule has 5 N–H and O–H groups in total. The first-order chi connectivity index (χ1) is 38.5. The van der Waals surface area contributed by atoms with Gasteiger partial charge in [0, 0.05) is 65.8 Å². The maximum atomic E-state index is 12.0. The predicted octanol–water partition coefficient (Wildman–Crippen LogP) is -4.72. The number of para-hydroxylation sites is 1. The Hall–Kier alpha value is 32.4. The van der Waals surface area contributed by atoms with E-state index < -0.39 is 11.2 Å². The summed E-state index contributed by atoms with van der Waals surface area (Å²) in [5.41, 5.74) is 4.00. The molecular weight excluding hydrogens is 1630 g/mol. The van der Waals surface area contributed by atoms with Crippen LogP contribution in [0.5, 0.6) is 0 Å². The fourth-order valence-corrected chi connectivity index (χ4v) is 8.81. The number of aliphatic hydroxyl groups is 2. The molecule has 2 saturated heterocycles. The molecule has 3 aliphatic rings. The number of benzene rings is 2. The van der Waals surface area contributed by atoms with Crippen LogP contribution in [0.1, 0.15) is 71.8 Å². The first-order valence-electron chi connectivity index (χ1n) is 31.1. The van der Waals surface area contributed by atoms with E-state index in [0.29, 0.717) is 31.3 Å². The van der Waals surface area contributed by atoms with Gasteiger partial charge in [-0.3, -0.25) is 4.98 Å². The fourth-order valence-electron chi connectivity index (χ4n) is 8.81. The molecule has 0 radical (unpaired) electrons. The van der Waals surface area contributed by atoms with Crippen molar-refractivity contribution in [2.75, 3.05) is 45.2 Å². The summed E-state index contributed by atoms with van der Waals surface area (Å²) in [4.78, 5) is 38.8. The number of piperidine rings is 2. The number of nitrogens with one attached hydrogen (secondary N) is 3. The van der Waals surface area contributed by atoms with Gasteiger partial charge in [-0.05, 0) is 82.3 Å². The molecule has 3 fully saturated rings. The molecule has 1 amide bonds. The Morgan fingerprint density at radius 3 is 1.83 bits per heavy atom. The normalized spacial score (nSPS) is 17.9. The van der Waals surface area contributed by atoms with Gasteiger partial charge in [0.1, 0.15) is 18.1 Å². The van der Waals surface area contributed by atoms with Crippen LogP contribution >= 0.6 is 0 Å². The van der Waals surface area contributed by atoms with Crippen molar-refractivity contribution >= 4 is 739 Å². The molecule has 6 heterocycles. The number of carbonyl (C=O) groups excluding carboxylic acids is 1. The number of anilines is 1. The first-order valence-corrected chi connectivity index (χ1v) is 207. The maximum absolute atomic E-state index is 12.0. The number of likely N-dealkylation sites (tertiary alicyclic amines) is 1. The molecule has 81 heavy (non-hydrogen) atoms. The zero-order valence-electron chi connectivity index (χ0n) is 57.2. The summed E-state index contributed by atoms with van der Waals surface area (Å²) in [6.07, 6.45) is 10.4. The van der Waals surface area contributed by atoms with Crippen LogP contribution in [0.15, 0.2) is 79.3 Å². The molecule has 9 rings (SSSR count). The zero-order chi connectivity index (χ0) is 61.7. The third-order valence-electron chi connectivity index (χ3n) is 12.2. The number of pyridine rings is 2. The first kappa shape index (κ1) is 124. The molecule has 13 nitrogen and oxygen atoms in total. The number of hydrogen-bond donors (Lipinski definition) is 5. The number of nitrogens with zero attached hydrogens (tertiary/aromatic N) is 6. The number of aromatic nitrogens is 5. The van der Waals surface area contributed by atoms with E-state index in [1.54, 1.807) is 11.8 Å². The molecular formula is C45H58K23N9O4. The zero-order valence-corrected chi connectivity index (χ0v) is 128. The number of aromatic amines is 1. The van der Waals surface area contributed by atoms with Crippen LogP contribution in [-0.2, 0) is 11.3 Å². The summed E-state index contributed by atoms with van der Waals surface area (Å²) in [5, 5.41) is 31.2. The molecule has 6 aromatic rings. The number of hydrogen-bond acceptors (Lipinski definition) is 11. The number of amides is 1. The Kier molecular flexibility index (Phi) is 134. The Balaban J connectivity index is -0.000000215. The summed E-state index contributed by atoms with van der Waals surface area (Å²) in [6, 6.07) is 19.7. The Labute approximate surface area is 1030 Å². The van der Waals surface area contributed by atoms with Crippen molar-refractivity contribution < 1.29 is 72.6 Å². The number of ether oxygens (including phenoxy) is 1. The van der Waals surface area contributed by atoms with Crippen molar-refractivity contribution in [2.45, 2.75) is 89.2 Å². The van der Waals surface area contributed by atoms with Crippen molar-refractivity contribution in [3.8, 4) is 11.4 Å². The minimum atomic E-state index is -0.932. The third-order valence-corrected chi connectivity index (χ3v) is 12.2. The molecule has 1 aliphatic carbocycles. The second-order valence-electron chi connectivity index (χ2n) is 16.3. The van der Waals surface area contributed by atoms with Gasteiger partial charge < -0.3 is 41.8 Å². The summed E-state index contributed by atoms with van der Waals surface area (Å²) in [5.74, 6) is 1.99. The van der Waals surface area contributed by atoms with E-state index >= 15 is 0 Å². The average Bonchev–Trinajstić information content (AvgIpc) is 4.08. The fraction of sp³-hybridized carbons (Fsp3) is 0.444. The average molecular weight is 1690 g/mol. The van der Waals surface area contributed by atoms with Crippen molar-refractivity contribution in [1.82, 2.24) is 40.5 Å². The number of carbonyl (C=O) groups is 1. The van der Waals surface area contributed by atoms with Crippen molar-refractivity contribution in [1.29, 1.82) is 0 Å². The van der Waals surface area contributed by atoms with Crippen LogP contribution in [0.3, 0.4) is 0 Å². The predicted molar refractivity (Wildman–Crippen MR) is 358 cm³/mol. The monoisotopic (exact) mass is 1680 g/mol. The molecule has 4 atom stereocenters. The second kappa shape index (κ2) is 87.3. The van der Waals surface area contributed by atoms with Gasteiger partial charge in [-0.15, -0.1) is 0 Å². The van der Waals surface area contributed by atoms with Crippen molar-refractivity contribution in [2.24, 2.45) is 0 Å². The van der Waals surface area contributed by atoms with E-state index in [1.807, 2.05) is 81.1 Å². The number of β-amino-alcohol motifs (C(OH)–C–C–N with tert-alkyl or cyclic N) is 2. The Morgan fingerprint density at radius 1 is 0.753 bits per heavy atom. The molecule has 2 aliphatic heterocycles. The Morgan fingerprint density at radius 2 is 1.31 bits per heavy atom. The van der Waals surface area contributed by atoms with E-state index in [0.717, 1.165) is 75.6 Å². The summed E-state index contributed by atoms with van der Waals surface area (Å²) in [6.45, 7) is 6.20. The van der Waals surface area contributed by atoms with Crippen LogP contribution in [-0.4, -0.2) is 804 Å². The van der Waals surface area contributed by atoms with Gasteiger partial charge >= 0.3 is 752 Å². The molecule has 2 aromatic carbocycles. The van der Waals surface area contributed by atoms with Crippen LogP contribution in [0.2, 0.25) is 0 Å². The molecule has 1 saturated carbocycles. The van der Waals surface area contributed by atoms with E-state index in [-0.39, 0.29) is 91.6 Å². The number of fused-ring (bicyclic) bond motifs is 4. The Bertz CT molecular complexity index is 2440. The molecule has 0 unspecified atom stereocenters. The topological polar surface area (TPSA) is 165 Å². The van der Waals surface area contributed by atoms with E-state index in [4.69, 9.17) is 14.7 Å². The van der Waals surface area contributed by atoms with Crippen molar-refractivity contribution in [3.05, 3.63) is 90.4 Å². The molecule has 4 aromatic heterocycles. The molecule has 0 spiro atoms. The van der Waals surface area contributed by atoms with Gasteiger partial charge in [0.2, 0.25) is 0 Å². The van der Waals surface area contributed by atoms with Gasteiger partial charge in [-0.25, -0.2) is 19.7 Å². The van der Waals surface area contributed by atoms with Crippen LogP contribution in [0.25, 0.3) is 44.2 Å². The quantitative estimate of drug-likeness (QED) is 0.0978. The molecule has 330 valence electrons. The van der Waals surface area contributed by atoms with Crippen LogP contribution in [0.4, 0.5) is 10.6 Å². The van der Waals surface area contributed by atoms with Gasteiger partial charge in [-0.2, -0.15) is 0 Å². The molecule has 0 bridgehead atoms. The van der Waals surface area contributed by atoms with Crippen molar-refractivity contribution in [3.63, 3.8) is 0 Å².